The number of nitriles is 2. The average molecular weight is 341 g/mol. The predicted octanol–water partition coefficient (Wildman–Crippen LogP) is 2.20. The third kappa shape index (κ3) is 3.88. The first kappa shape index (κ1) is 17.0. The molecule has 0 fully saturated rings. The fourth-order valence-corrected chi connectivity index (χ4v) is 2.85. The van der Waals surface area contributed by atoms with Crippen LogP contribution in [0.3, 0.4) is 0 Å². The predicted molar refractivity (Wildman–Crippen MR) is 84.3 cm³/mol. The van der Waals surface area contributed by atoms with Crippen LogP contribution in [0.2, 0.25) is 0 Å². The summed E-state index contributed by atoms with van der Waals surface area (Å²) in [5.74, 6) is 0.102. The first-order valence-corrected chi connectivity index (χ1v) is 8.09. The Labute approximate surface area is 138 Å². The van der Waals surface area contributed by atoms with Crippen LogP contribution < -0.4 is 4.72 Å². The molecule has 8 heteroatoms. The number of amides is 1. The summed E-state index contributed by atoms with van der Waals surface area (Å²) in [6, 6.07) is 12.4. The second-order valence-corrected chi connectivity index (χ2v) is 6.35. The van der Waals surface area contributed by atoms with Gasteiger partial charge in [0.1, 0.15) is 29.2 Å². The summed E-state index contributed by atoms with van der Waals surface area (Å²) >= 11 is 0. The number of sulfonamides is 1. The lowest BCUT2D eigenvalue weighted by atomic mass is 10.2. The number of hydrogen-bond donors (Lipinski definition) is 1. The van der Waals surface area contributed by atoms with Gasteiger partial charge in [0.05, 0.1) is 4.90 Å². The van der Waals surface area contributed by atoms with Crippen LogP contribution in [0, 0.1) is 22.7 Å². The molecule has 1 N–H and O–H groups in total. The minimum Gasteiger partial charge on any atom is -0.457 e. The van der Waals surface area contributed by atoms with E-state index in [2.05, 4.69) is 0 Å². The highest BCUT2D eigenvalue weighted by Gasteiger charge is 2.15. The zero-order valence-electron chi connectivity index (χ0n) is 12.5. The van der Waals surface area contributed by atoms with Gasteiger partial charge in [0.15, 0.2) is 0 Å². The molecule has 24 heavy (non-hydrogen) atoms. The fraction of sp³-hybridized carbons (Fsp3) is 0.0625. The maximum atomic E-state index is 11.9. The monoisotopic (exact) mass is 341 g/mol. The molecule has 0 bridgehead atoms. The molecule has 0 atom stereocenters. The van der Waals surface area contributed by atoms with Crippen LogP contribution in [0.25, 0.3) is 17.4 Å². The Bertz CT molecular complexity index is 971. The molecule has 1 aromatic heterocycles. The molecule has 1 heterocycles. The van der Waals surface area contributed by atoms with Crippen molar-refractivity contribution in [1.29, 1.82) is 10.5 Å². The molecule has 0 spiro atoms. The zero-order chi connectivity index (χ0) is 17.7. The van der Waals surface area contributed by atoms with Crippen LogP contribution in [-0.4, -0.2) is 14.3 Å². The Kier molecular flexibility index (Phi) is 4.83. The molecule has 120 valence electrons. The number of carbonyl (C=O) groups excluding carboxylic acids is 1. The van der Waals surface area contributed by atoms with E-state index in [0.717, 1.165) is 6.92 Å². The van der Waals surface area contributed by atoms with E-state index in [0.29, 0.717) is 17.1 Å². The van der Waals surface area contributed by atoms with Crippen molar-refractivity contribution >= 4 is 22.0 Å². The van der Waals surface area contributed by atoms with Crippen LogP contribution in [-0.2, 0) is 14.8 Å². The van der Waals surface area contributed by atoms with Crippen LogP contribution >= 0.6 is 0 Å². The highest BCUT2D eigenvalue weighted by atomic mass is 32.2. The molecule has 0 saturated heterocycles. The maximum absolute atomic E-state index is 11.9. The molecule has 0 aliphatic heterocycles. The van der Waals surface area contributed by atoms with Crippen LogP contribution in [0.15, 0.2) is 51.3 Å². The molecule has 0 radical (unpaired) electrons. The van der Waals surface area contributed by atoms with Gasteiger partial charge in [0.2, 0.25) is 5.91 Å². The van der Waals surface area contributed by atoms with Crippen molar-refractivity contribution in [1.82, 2.24) is 4.72 Å². The summed E-state index contributed by atoms with van der Waals surface area (Å²) in [7, 11) is -3.89. The first-order valence-electron chi connectivity index (χ1n) is 6.61. The average Bonchev–Trinajstić information content (AvgIpc) is 3.00. The van der Waals surface area contributed by atoms with E-state index >= 15 is 0 Å². The highest BCUT2D eigenvalue weighted by Crippen LogP contribution is 2.24. The minimum atomic E-state index is -3.89. The van der Waals surface area contributed by atoms with E-state index in [1.807, 2.05) is 4.72 Å². The van der Waals surface area contributed by atoms with Gasteiger partial charge in [-0.2, -0.15) is 10.5 Å². The van der Waals surface area contributed by atoms with Gasteiger partial charge in [-0.15, -0.1) is 0 Å². The van der Waals surface area contributed by atoms with Crippen LogP contribution in [0.1, 0.15) is 12.7 Å². The molecule has 1 aromatic carbocycles. The van der Waals surface area contributed by atoms with E-state index in [4.69, 9.17) is 14.9 Å². The summed E-state index contributed by atoms with van der Waals surface area (Å²) in [6.45, 7) is 1.11. The number of benzene rings is 1. The van der Waals surface area contributed by atoms with Crippen molar-refractivity contribution in [2.45, 2.75) is 11.8 Å². The lowest BCUT2D eigenvalue weighted by Crippen LogP contribution is -2.28. The third-order valence-electron chi connectivity index (χ3n) is 2.88. The molecule has 1 amide bonds. The number of carbonyl (C=O) groups is 1. The first-order chi connectivity index (χ1) is 11.4. The van der Waals surface area contributed by atoms with Crippen molar-refractivity contribution in [2.75, 3.05) is 0 Å². The summed E-state index contributed by atoms with van der Waals surface area (Å²) in [4.78, 5) is 10.9. The van der Waals surface area contributed by atoms with Crippen molar-refractivity contribution < 1.29 is 17.6 Å². The highest BCUT2D eigenvalue weighted by molar-refractivity contribution is 7.90. The number of allylic oxidation sites excluding steroid dienone is 1. The molecular formula is C16H11N3O4S. The molecule has 0 unspecified atom stereocenters. The molecule has 2 aromatic rings. The summed E-state index contributed by atoms with van der Waals surface area (Å²) in [6.07, 6.45) is 1.30. The van der Waals surface area contributed by atoms with Gasteiger partial charge in [0.25, 0.3) is 10.0 Å². The van der Waals surface area contributed by atoms with Crippen LogP contribution in [0.5, 0.6) is 0 Å². The molecule has 0 aliphatic rings. The van der Waals surface area contributed by atoms with E-state index < -0.39 is 15.9 Å². The standard InChI is InChI=1S/C16H11N3O4S/c1-11(20)19-24(21,22)15-5-2-13(3-6-15)16-7-4-14(23-16)8-12(9-17)10-18/h2-8H,1H3,(H,19,20). The number of rotatable bonds is 4. The van der Waals surface area contributed by atoms with Gasteiger partial charge in [0, 0.05) is 18.6 Å². The Balaban J connectivity index is 2.29. The fourth-order valence-electron chi connectivity index (χ4n) is 1.86. The van der Waals surface area contributed by atoms with Gasteiger partial charge >= 0.3 is 0 Å². The third-order valence-corrected chi connectivity index (χ3v) is 4.33. The summed E-state index contributed by atoms with van der Waals surface area (Å²) in [5.41, 5.74) is 0.513. The Morgan fingerprint density at radius 1 is 1.12 bits per heavy atom. The van der Waals surface area contributed by atoms with E-state index in [1.165, 1.54) is 30.3 Å². The van der Waals surface area contributed by atoms with Crippen LogP contribution in [0.4, 0.5) is 0 Å². The second-order valence-electron chi connectivity index (χ2n) is 4.67. The van der Waals surface area contributed by atoms with Crippen molar-refractivity contribution in [3.63, 3.8) is 0 Å². The normalized spacial score (nSPS) is 10.3. The zero-order valence-corrected chi connectivity index (χ0v) is 13.3. The smallest absolute Gasteiger partial charge is 0.264 e. The minimum absolute atomic E-state index is 0.0515. The topological polar surface area (TPSA) is 124 Å². The van der Waals surface area contributed by atoms with Crippen molar-refractivity contribution in [3.8, 4) is 23.5 Å². The largest absolute Gasteiger partial charge is 0.457 e. The lowest BCUT2D eigenvalue weighted by molar-refractivity contribution is -0.117. The Morgan fingerprint density at radius 2 is 1.75 bits per heavy atom. The van der Waals surface area contributed by atoms with E-state index in [1.54, 1.807) is 24.3 Å². The molecule has 0 aliphatic carbocycles. The maximum Gasteiger partial charge on any atom is 0.264 e. The van der Waals surface area contributed by atoms with Gasteiger partial charge < -0.3 is 4.42 Å². The number of hydrogen-bond acceptors (Lipinski definition) is 6. The Morgan fingerprint density at radius 3 is 2.29 bits per heavy atom. The lowest BCUT2D eigenvalue weighted by Gasteiger charge is -2.05. The number of furan rings is 1. The van der Waals surface area contributed by atoms with E-state index in [-0.39, 0.29) is 10.5 Å². The molecule has 0 saturated carbocycles. The van der Waals surface area contributed by atoms with E-state index in [9.17, 15) is 13.2 Å². The second kappa shape index (κ2) is 6.82. The summed E-state index contributed by atoms with van der Waals surface area (Å²) in [5, 5.41) is 17.4. The van der Waals surface area contributed by atoms with Crippen molar-refractivity contribution in [2.24, 2.45) is 0 Å². The Hall–Kier alpha value is -3.36. The SMILES string of the molecule is CC(=O)NS(=O)(=O)c1ccc(-c2ccc(C=C(C#N)C#N)o2)cc1. The molecule has 2 rings (SSSR count). The quantitative estimate of drug-likeness (QED) is 0.850. The summed E-state index contributed by atoms with van der Waals surface area (Å²) < 4.78 is 31.1. The molecule has 7 nitrogen and oxygen atoms in total. The van der Waals surface area contributed by atoms with Gasteiger partial charge in [-0.05, 0) is 36.4 Å². The number of nitrogens with one attached hydrogen (secondary N) is 1. The van der Waals surface area contributed by atoms with Gasteiger partial charge in [-0.1, -0.05) is 0 Å². The number of nitrogens with zero attached hydrogens (tertiary/aromatic N) is 2. The van der Waals surface area contributed by atoms with Crippen molar-refractivity contribution in [3.05, 3.63) is 47.7 Å². The van der Waals surface area contributed by atoms with Gasteiger partial charge in [-0.3, -0.25) is 4.79 Å². The molecular weight excluding hydrogens is 330 g/mol. The van der Waals surface area contributed by atoms with Gasteiger partial charge in [-0.25, -0.2) is 13.1 Å².